The number of thiazole rings is 2. The number of hydrogen-bond acceptors (Lipinski definition) is 5. The number of anilines is 1. The molecule has 0 aliphatic carbocycles. The second kappa shape index (κ2) is 6.83. The summed E-state index contributed by atoms with van der Waals surface area (Å²) < 4.78 is 3.07. The van der Waals surface area contributed by atoms with E-state index in [2.05, 4.69) is 32.0 Å². The average molecular weight is 403 g/mol. The summed E-state index contributed by atoms with van der Waals surface area (Å²) in [4.78, 5) is 21.3. The Morgan fingerprint density at radius 3 is 2.73 bits per heavy atom. The van der Waals surface area contributed by atoms with Crippen LogP contribution in [0, 0.1) is 13.8 Å². The molecule has 0 fully saturated rings. The molecule has 8 heteroatoms. The number of rotatable bonds is 4. The van der Waals surface area contributed by atoms with Gasteiger partial charge in [0.25, 0.3) is 0 Å². The predicted octanol–water partition coefficient (Wildman–Crippen LogP) is 4.99. The van der Waals surface area contributed by atoms with Crippen molar-refractivity contribution >= 4 is 55.5 Å². The van der Waals surface area contributed by atoms with E-state index in [-0.39, 0.29) is 12.3 Å². The van der Waals surface area contributed by atoms with Crippen molar-refractivity contribution in [2.24, 2.45) is 0 Å². The SMILES string of the molecule is Cc1ccc(C)n1-c1nc(CC(=O)Nc2nc3cc(Cl)ccc3s2)cs1. The van der Waals surface area contributed by atoms with Gasteiger partial charge < -0.3 is 5.32 Å². The second-order valence-corrected chi connectivity index (χ2v) is 8.23. The van der Waals surface area contributed by atoms with Crippen LogP contribution in [-0.2, 0) is 11.2 Å². The molecular weight excluding hydrogens is 388 g/mol. The highest BCUT2D eigenvalue weighted by Gasteiger charge is 2.13. The lowest BCUT2D eigenvalue weighted by Gasteiger charge is -2.04. The molecule has 0 saturated carbocycles. The van der Waals surface area contributed by atoms with Crippen LogP contribution >= 0.6 is 34.3 Å². The Morgan fingerprint density at radius 1 is 1.19 bits per heavy atom. The third-order valence-electron chi connectivity index (χ3n) is 3.94. The Morgan fingerprint density at radius 2 is 1.96 bits per heavy atom. The fourth-order valence-corrected chi connectivity index (χ4v) is 4.70. The number of aromatic nitrogens is 3. The van der Waals surface area contributed by atoms with Crippen molar-refractivity contribution in [1.29, 1.82) is 0 Å². The van der Waals surface area contributed by atoms with Crippen molar-refractivity contribution in [3.05, 3.63) is 57.8 Å². The smallest absolute Gasteiger partial charge is 0.232 e. The van der Waals surface area contributed by atoms with Gasteiger partial charge in [-0.1, -0.05) is 22.9 Å². The van der Waals surface area contributed by atoms with Crippen LogP contribution in [-0.4, -0.2) is 20.4 Å². The molecule has 0 atom stereocenters. The molecule has 0 aliphatic heterocycles. The number of hydrogen-bond donors (Lipinski definition) is 1. The molecule has 1 aromatic carbocycles. The molecule has 1 N–H and O–H groups in total. The molecular formula is C18H15ClN4OS2. The van der Waals surface area contributed by atoms with Gasteiger partial charge in [-0.15, -0.1) is 11.3 Å². The van der Waals surface area contributed by atoms with Crippen molar-refractivity contribution in [3.8, 4) is 5.13 Å². The summed E-state index contributed by atoms with van der Waals surface area (Å²) in [5.74, 6) is -0.132. The molecule has 3 heterocycles. The Kier molecular flexibility index (Phi) is 4.52. The van der Waals surface area contributed by atoms with Crippen molar-refractivity contribution in [2.75, 3.05) is 5.32 Å². The van der Waals surface area contributed by atoms with Crippen LogP contribution in [0.3, 0.4) is 0 Å². The lowest BCUT2D eigenvalue weighted by molar-refractivity contribution is -0.115. The maximum atomic E-state index is 12.3. The lowest BCUT2D eigenvalue weighted by Crippen LogP contribution is -2.14. The van der Waals surface area contributed by atoms with Crippen molar-refractivity contribution in [1.82, 2.24) is 14.5 Å². The molecule has 4 rings (SSSR count). The molecule has 3 aromatic heterocycles. The molecule has 0 unspecified atom stereocenters. The van der Waals surface area contributed by atoms with E-state index in [0.29, 0.717) is 10.2 Å². The molecule has 0 saturated heterocycles. The van der Waals surface area contributed by atoms with Gasteiger partial charge in [0, 0.05) is 21.8 Å². The van der Waals surface area contributed by atoms with Gasteiger partial charge in [0.05, 0.1) is 22.3 Å². The molecule has 132 valence electrons. The van der Waals surface area contributed by atoms with E-state index in [1.165, 1.54) is 22.7 Å². The van der Waals surface area contributed by atoms with Gasteiger partial charge in [0.2, 0.25) is 5.91 Å². The number of amides is 1. The number of halogens is 1. The van der Waals surface area contributed by atoms with E-state index in [0.717, 1.165) is 32.4 Å². The summed E-state index contributed by atoms with van der Waals surface area (Å²) in [6, 6.07) is 9.62. The fourth-order valence-electron chi connectivity index (χ4n) is 2.73. The highest BCUT2D eigenvalue weighted by Crippen LogP contribution is 2.28. The fraction of sp³-hybridized carbons (Fsp3) is 0.167. The topological polar surface area (TPSA) is 59.8 Å². The first-order valence-electron chi connectivity index (χ1n) is 7.95. The highest BCUT2D eigenvalue weighted by molar-refractivity contribution is 7.22. The van der Waals surface area contributed by atoms with Gasteiger partial charge in [-0.3, -0.25) is 9.36 Å². The van der Waals surface area contributed by atoms with Gasteiger partial charge in [-0.25, -0.2) is 9.97 Å². The van der Waals surface area contributed by atoms with Crippen molar-refractivity contribution in [3.63, 3.8) is 0 Å². The number of nitrogens with zero attached hydrogens (tertiary/aromatic N) is 3. The van der Waals surface area contributed by atoms with Crippen LogP contribution in [0.4, 0.5) is 5.13 Å². The summed E-state index contributed by atoms with van der Waals surface area (Å²) >= 11 is 8.94. The lowest BCUT2D eigenvalue weighted by atomic mass is 10.3. The van der Waals surface area contributed by atoms with E-state index >= 15 is 0 Å². The van der Waals surface area contributed by atoms with Crippen LogP contribution in [0.25, 0.3) is 15.3 Å². The number of carbonyl (C=O) groups excluding carboxylic acids is 1. The number of fused-ring (bicyclic) bond motifs is 1. The van der Waals surface area contributed by atoms with Crippen LogP contribution in [0.1, 0.15) is 17.1 Å². The second-order valence-electron chi connectivity index (χ2n) is 5.93. The van der Waals surface area contributed by atoms with Crippen LogP contribution in [0.15, 0.2) is 35.7 Å². The monoisotopic (exact) mass is 402 g/mol. The Bertz CT molecular complexity index is 1090. The third kappa shape index (κ3) is 3.38. The quantitative estimate of drug-likeness (QED) is 0.522. The van der Waals surface area contributed by atoms with Crippen LogP contribution in [0.5, 0.6) is 0 Å². The standard InChI is InChI=1S/C18H15ClN4OS2/c1-10-3-4-11(2)23(10)18-20-13(9-25-18)8-16(24)22-17-21-14-7-12(19)5-6-15(14)26-17/h3-7,9H,8H2,1-2H3,(H,21,22,24). The normalized spacial score (nSPS) is 11.2. The van der Waals surface area contributed by atoms with Crippen molar-refractivity contribution < 1.29 is 4.79 Å². The summed E-state index contributed by atoms with van der Waals surface area (Å²) in [6.45, 7) is 4.08. The molecule has 26 heavy (non-hydrogen) atoms. The predicted molar refractivity (Wildman–Crippen MR) is 108 cm³/mol. The Labute approximate surface area is 163 Å². The third-order valence-corrected chi connectivity index (χ3v) is 6.00. The molecule has 0 aliphatic rings. The number of carbonyl (C=O) groups is 1. The minimum absolute atomic E-state index is 0.132. The Hall–Kier alpha value is -2.22. The first-order valence-corrected chi connectivity index (χ1v) is 10.0. The van der Waals surface area contributed by atoms with E-state index < -0.39 is 0 Å². The number of benzene rings is 1. The molecule has 0 spiro atoms. The summed E-state index contributed by atoms with van der Waals surface area (Å²) in [5.41, 5.74) is 3.79. The summed E-state index contributed by atoms with van der Waals surface area (Å²) in [5, 5.41) is 6.85. The van der Waals surface area contributed by atoms with E-state index in [9.17, 15) is 4.79 Å². The van der Waals surface area contributed by atoms with Gasteiger partial charge in [-0.2, -0.15) is 0 Å². The largest absolute Gasteiger partial charge is 0.302 e. The Balaban J connectivity index is 1.48. The van der Waals surface area contributed by atoms with E-state index in [4.69, 9.17) is 11.6 Å². The highest BCUT2D eigenvalue weighted by atomic mass is 35.5. The first kappa shape index (κ1) is 17.2. The van der Waals surface area contributed by atoms with Crippen LogP contribution < -0.4 is 5.32 Å². The molecule has 4 aromatic rings. The van der Waals surface area contributed by atoms with Crippen molar-refractivity contribution in [2.45, 2.75) is 20.3 Å². The average Bonchev–Trinajstić information content (AvgIpc) is 3.26. The van der Waals surface area contributed by atoms with Gasteiger partial charge in [0.15, 0.2) is 10.3 Å². The number of aryl methyl sites for hydroxylation is 2. The maximum Gasteiger partial charge on any atom is 0.232 e. The van der Waals surface area contributed by atoms with Gasteiger partial charge >= 0.3 is 0 Å². The molecule has 1 amide bonds. The minimum Gasteiger partial charge on any atom is -0.302 e. The summed E-state index contributed by atoms with van der Waals surface area (Å²) in [7, 11) is 0. The maximum absolute atomic E-state index is 12.3. The zero-order valence-electron chi connectivity index (χ0n) is 14.1. The van der Waals surface area contributed by atoms with E-state index in [1.807, 2.05) is 31.4 Å². The summed E-state index contributed by atoms with van der Waals surface area (Å²) in [6.07, 6.45) is 0.215. The zero-order valence-corrected chi connectivity index (χ0v) is 16.5. The minimum atomic E-state index is -0.132. The van der Waals surface area contributed by atoms with E-state index in [1.54, 1.807) is 6.07 Å². The van der Waals surface area contributed by atoms with Gasteiger partial charge in [-0.05, 0) is 44.2 Å². The van der Waals surface area contributed by atoms with Crippen LogP contribution in [0.2, 0.25) is 5.02 Å². The molecule has 0 radical (unpaired) electrons. The van der Waals surface area contributed by atoms with Gasteiger partial charge in [0.1, 0.15) is 0 Å². The first-order chi connectivity index (χ1) is 12.5. The molecule has 5 nitrogen and oxygen atoms in total. The molecule has 0 bridgehead atoms. The zero-order chi connectivity index (χ0) is 18.3. The number of nitrogens with one attached hydrogen (secondary N) is 1.